The maximum atomic E-state index is 13.2. The molecular weight excluding hydrogens is 229 g/mol. The van der Waals surface area contributed by atoms with Crippen molar-refractivity contribution in [2.45, 2.75) is 39.3 Å². The fourth-order valence-electron chi connectivity index (χ4n) is 2.75. The molecule has 3 unspecified atom stereocenters. The van der Waals surface area contributed by atoms with Crippen molar-refractivity contribution in [1.29, 1.82) is 0 Å². The van der Waals surface area contributed by atoms with Crippen LogP contribution in [0, 0.1) is 18.7 Å². The zero-order valence-electron chi connectivity index (χ0n) is 11.4. The highest BCUT2D eigenvalue weighted by atomic mass is 19.1. The number of ether oxygens (including phenoxy) is 1. The van der Waals surface area contributed by atoms with Gasteiger partial charge < -0.3 is 10.1 Å². The van der Waals surface area contributed by atoms with Crippen molar-refractivity contribution >= 4 is 0 Å². The van der Waals surface area contributed by atoms with Crippen LogP contribution in [0.3, 0.4) is 0 Å². The Kier molecular flexibility index (Phi) is 4.36. The molecule has 1 fully saturated rings. The third-order valence-corrected chi connectivity index (χ3v) is 3.76. The molecule has 0 spiro atoms. The predicted octanol–water partition coefficient (Wildman–Crippen LogP) is 3.21. The summed E-state index contributed by atoms with van der Waals surface area (Å²) in [6, 6.07) is 5.17. The summed E-state index contributed by atoms with van der Waals surface area (Å²) in [6.07, 6.45) is 1.29. The van der Waals surface area contributed by atoms with Gasteiger partial charge in [-0.15, -0.1) is 0 Å². The molecule has 1 aliphatic heterocycles. The zero-order chi connectivity index (χ0) is 13.1. The van der Waals surface area contributed by atoms with E-state index in [1.807, 2.05) is 13.0 Å². The second kappa shape index (κ2) is 5.81. The van der Waals surface area contributed by atoms with Gasteiger partial charge in [0.1, 0.15) is 5.82 Å². The number of nitrogens with one attached hydrogen (secondary N) is 1. The highest BCUT2D eigenvalue weighted by molar-refractivity contribution is 5.30. The first-order valence-corrected chi connectivity index (χ1v) is 6.74. The summed E-state index contributed by atoms with van der Waals surface area (Å²) in [6.45, 7) is 7.98. The van der Waals surface area contributed by atoms with Crippen LogP contribution in [-0.2, 0) is 4.74 Å². The third kappa shape index (κ3) is 2.73. The molecule has 18 heavy (non-hydrogen) atoms. The van der Waals surface area contributed by atoms with Crippen LogP contribution in [0.15, 0.2) is 18.2 Å². The normalized spacial score (nSPS) is 25.3. The predicted molar refractivity (Wildman–Crippen MR) is 71.1 cm³/mol. The maximum Gasteiger partial charge on any atom is 0.123 e. The van der Waals surface area contributed by atoms with Gasteiger partial charge in [0, 0.05) is 6.61 Å². The number of hydrogen-bond acceptors (Lipinski definition) is 2. The Labute approximate surface area is 109 Å². The van der Waals surface area contributed by atoms with Gasteiger partial charge in [0.15, 0.2) is 0 Å². The lowest BCUT2D eigenvalue weighted by Crippen LogP contribution is -2.35. The first-order chi connectivity index (χ1) is 8.63. The van der Waals surface area contributed by atoms with Gasteiger partial charge in [0.05, 0.1) is 12.1 Å². The minimum atomic E-state index is -0.174. The van der Waals surface area contributed by atoms with Crippen molar-refractivity contribution < 1.29 is 9.13 Å². The molecule has 1 aliphatic rings. The third-order valence-electron chi connectivity index (χ3n) is 3.76. The monoisotopic (exact) mass is 251 g/mol. The molecule has 0 aliphatic carbocycles. The van der Waals surface area contributed by atoms with Gasteiger partial charge in [-0.25, -0.2) is 4.39 Å². The highest BCUT2D eigenvalue weighted by Gasteiger charge is 2.33. The summed E-state index contributed by atoms with van der Waals surface area (Å²) < 4.78 is 19.1. The molecule has 1 heterocycles. The minimum Gasteiger partial charge on any atom is -0.376 e. The molecule has 1 saturated heterocycles. The molecule has 0 radical (unpaired) electrons. The van der Waals surface area contributed by atoms with E-state index in [0.29, 0.717) is 5.92 Å². The number of benzene rings is 1. The van der Waals surface area contributed by atoms with E-state index >= 15 is 0 Å². The van der Waals surface area contributed by atoms with Gasteiger partial charge in [-0.3, -0.25) is 0 Å². The Balaban J connectivity index is 2.28. The fourth-order valence-corrected chi connectivity index (χ4v) is 2.75. The van der Waals surface area contributed by atoms with E-state index in [1.54, 1.807) is 6.07 Å². The van der Waals surface area contributed by atoms with Gasteiger partial charge in [-0.05, 0) is 49.1 Å². The van der Waals surface area contributed by atoms with Gasteiger partial charge in [-0.1, -0.05) is 19.9 Å². The molecule has 1 aromatic rings. The van der Waals surface area contributed by atoms with Crippen molar-refractivity contribution in [2.75, 3.05) is 13.2 Å². The van der Waals surface area contributed by atoms with Crippen molar-refractivity contribution in [3.05, 3.63) is 35.1 Å². The fraction of sp³-hybridized carbons (Fsp3) is 0.600. The molecule has 1 N–H and O–H groups in total. The number of halogens is 1. The Morgan fingerprint density at radius 2 is 2.28 bits per heavy atom. The van der Waals surface area contributed by atoms with E-state index in [-0.39, 0.29) is 18.0 Å². The van der Waals surface area contributed by atoms with Crippen LogP contribution in [0.25, 0.3) is 0 Å². The average Bonchev–Trinajstić information content (AvgIpc) is 2.73. The van der Waals surface area contributed by atoms with Gasteiger partial charge in [0.2, 0.25) is 0 Å². The molecule has 0 saturated carbocycles. The van der Waals surface area contributed by atoms with Crippen molar-refractivity contribution in [2.24, 2.45) is 5.92 Å². The summed E-state index contributed by atoms with van der Waals surface area (Å²) in [5.74, 6) is 0.366. The average molecular weight is 251 g/mol. The SMILES string of the molecule is CCNC(c1ccc(F)cc1C)C1OCCC1C. The minimum absolute atomic E-state index is 0.160. The van der Waals surface area contributed by atoms with Gasteiger partial charge in [0.25, 0.3) is 0 Å². The first kappa shape index (κ1) is 13.5. The second-order valence-electron chi connectivity index (χ2n) is 5.14. The van der Waals surface area contributed by atoms with Crippen molar-refractivity contribution in [1.82, 2.24) is 5.32 Å². The molecule has 0 bridgehead atoms. The lowest BCUT2D eigenvalue weighted by molar-refractivity contribution is 0.0610. The Hall–Kier alpha value is -0.930. The van der Waals surface area contributed by atoms with E-state index in [0.717, 1.165) is 30.7 Å². The van der Waals surface area contributed by atoms with Crippen LogP contribution in [0.4, 0.5) is 4.39 Å². The summed E-state index contributed by atoms with van der Waals surface area (Å²) >= 11 is 0. The Morgan fingerprint density at radius 1 is 1.50 bits per heavy atom. The zero-order valence-corrected chi connectivity index (χ0v) is 11.4. The van der Waals surface area contributed by atoms with E-state index < -0.39 is 0 Å². The van der Waals surface area contributed by atoms with E-state index in [9.17, 15) is 4.39 Å². The van der Waals surface area contributed by atoms with Crippen LogP contribution in [0.1, 0.15) is 37.4 Å². The molecular formula is C15H22FNO. The highest BCUT2D eigenvalue weighted by Crippen LogP contribution is 2.32. The Morgan fingerprint density at radius 3 is 2.83 bits per heavy atom. The largest absolute Gasteiger partial charge is 0.376 e. The summed E-state index contributed by atoms with van der Waals surface area (Å²) in [5.41, 5.74) is 2.14. The second-order valence-corrected chi connectivity index (χ2v) is 5.14. The van der Waals surface area contributed by atoms with Crippen LogP contribution in [-0.4, -0.2) is 19.3 Å². The maximum absolute atomic E-state index is 13.2. The van der Waals surface area contributed by atoms with Crippen LogP contribution < -0.4 is 5.32 Å². The number of hydrogen-bond donors (Lipinski definition) is 1. The molecule has 1 aromatic carbocycles. The van der Waals surface area contributed by atoms with Crippen LogP contribution in [0.5, 0.6) is 0 Å². The molecule has 2 rings (SSSR count). The molecule has 3 atom stereocenters. The number of aryl methyl sites for hydroxylation is 1. The van der Waals surface area contributed by atoms with Crippen LogP contribution >= 0.6 is 0 Å². The molecule has 100 valence electrons. The molecule has 0 amide bonds. The summed E-state index contributed by atoms with van der Waals surface area (Å²) in [4.78, 5) is 0. The van der Waals surface area contributed by atoms with E-state index in [1.165, 1.54) is 6.07 Å². The van der Waals surface area contributed by atoms with Crippen molar-refractivity contribution in [3.8, 4) is 0 Å². The first-order valence-electron chi connectivity index (χ1n) is 6.74. The number of likely N-dealkylation sites (N-methyl/N-ethyl adjacent to an activating group) is 1. The van der Waals surface area contributed by atoms with Gasteiger partial charge >= 0.3 is 0 Å². The molecule has 0 aromatic heterocycles. The lowest BCUT2D eigenvalue weighted by Gasteiger charge is -2.28. The number of rotatable bonds is 4. The van der Waals surface area contributed by atoms with Crippen LogP contribution in [0.2, 0.25) is 0 Å². The summed E-state index contributed by atoms with van der Waals surface area (Å²) in [7, 11) is 0. The standard InChI is InChI=1S/C15H22FNO/c1-4-17-14(15-10(2)7-8-18-15)13-6-5-12(16)9-11(13)3/h5-6,9-10,14-15,17H,4,7-8H2,1-3H3. The van der Waals surface area contributed by atoms with Gasteiger partial charge in [-0.2, -0.15) is 0 Å². The van der Waals surface area contributed by atoms with E-state index in [4.69, 9.17) is 4.74 Å². The Bertz CT molecular complexity index is 407. The smallest absolute Gasteiger partial charge is 0.123 e. The van der Waals surface area contributed by atoms with Crippen molar-refractivity contribution in [3.63, 3.8) is 0 Å². The molecule has 2 nitrogen and oxygen atoms in total. The topological polar surface area (TPSA) is 21.3 Å². The summed E-state index contributed by atoms with van der Waals surface area (Å²) in [5, 5.41) is 3.48. The molecule has 3 heteroatoms. The van der Waals surface area contributed by atoms with E-state index in [2.05, 4.69) is 19.2 Å². The lowest BCUT2D eigenvalue weighted by atomic mass is 9.90. The quantitative estimate of drug-likeness (QED) is 0.887.